The number of hydrogen-bond donors (Lipinski definition) is 1. The van der Waals surface area contributed by atoms with Crippen LogP contribution in [-0.4, -0.2) is 0 Å². The minimum absolute atomic E-state index is 0.160. The Balaban J connectivity index is 2.27. The van der Waals surface area contributed by atoms with E-state index in [1.807, 2.05) is 12.1 Å². The third kappa shape index (κ3) is 2.34. The number of nitrogen functional groups attached to an aromatic ring is 1. The van der Waals surface area contributed by atoms with Gasteiger partial charge in [-0.2, -0.15) is 0 Å². The molecule has 2 rings (SSSR count). The quantitative estimate of drug-likeness (QED) is 0.790. The molecule has 2 N–H and O–H groups in total. The van der Waals surface area contributed by atoms with Crippen molar-refractivity contribution in [2.24, 2.45) is 0 Å². The van der Waals surface area contributed by atoms with Crippen LogP contribution >= 0.6 is 11.6 Å². The average Bonchev–Trinajstić information content (AvgIpc) is 2.28. The number of anilines is 1. The summed E-state index contributed by atoms with van der Waals surface area (Å²) in [6.45, 7) is 0. The maximum absolute atomic E-state index is 13.6. The minimum Gasteiger partial charge on any atom is -0.399 e. The van der Waals surface area contributed by atoms with Gasteiger partial charge in [0.25, 0.3) is 0 Å². The topological polar surface area (TPSA) is 26.0 Å². The summed E-state index contributed by atoms with van der Waals surface area (Å²) in [7, 11) is 0. The Morgan fingerprint density at radius 2 is 1.75 bits per heavy atom. The van der Waals surface area contributed by atoms with Gasteiger partial charge in [0, 0.05) is 12.1 Å². The second kappa shape index (κ2) is 4.54. The molecule has 0 aliphatic rings. The molecule has 0 fully saturated rings. The summed E-state index contributed by atoms with van der Waals surface area (Å²) in [4.78, 5) is 0. The van der Waals surface area contributed by atoms with Crippen LogP contribution in [0.5, 0.6) is 0 Å². The number of nitrogens with two attached hydrogens (primary N) is 1. The van der Waals surface area contributed by atoms with Gasteiger partial charge in [0.15, 0.2) is 0 Å². The molecular formula is C13H11ClFN. The fourth-order valence-corrected chi connectivity index (χ4v) is 1.73. The molecule has 16 heavy (non-hydrogen) atoms. The van der Waals surface area contributed by atoms with E-state index in [0.717, 1.165) is 5.56 Å². The van der Waals surface area contributed by atoms with E-state index in [2.05, 4.69) is 0 Å². The molecule has 82 valence electrons. The Hall–Kier alpha value is -1.54. The SMILES string of the molecule is Nc1ccc(Cc2cccc(Cl)c2F)cc1. The Bertz CT molecular complexity index is 494. The molecule has 3 heteroatoms. The van der Waals surface area contributed by atoms with Crippen molar-refractivity contribution in [2.75, 3.05) is 5.73 Å². The van der Waals surface area contributed by atoms with Crippen LogP contribution in [0.3, 0.4) is 0 Å². The predicted molar refractivity (Wildman–Crippen MR) is 65.1 cm³/mol. The summed E-state index contributed by atoms with van der Waals surface area (Å²) in [6.07, 6.45) is 0.521. The first-order valence-corrected chi connectivity index (χ1v) is 5.32. The lowest BCUT2D eigenvalue weighted by Gasteiger charge is -2.05. The fourth-order valence-electron chi connectivity index (χ4n) is 1.54. The standard InChI is InChI=1S/C13H11ClFN/c14-12-3-1-2-10(13(12)15)8-9-4-6-11(16)7-5-9/h1-7H,8,16H2. The van der Waals surface area contributed by atoms with Crippen LogP contribution in [0, 0.1) is 5.82 Å². The second-order valence-corrected chi connectivity index (χ2v) is 4.04. The van der Waals surface area contributed by atoms with Crippen LogP contribution in [0.4, 0.5) is 10.1 Å². The lowest BCUT2D eigenvalue weighted by Crippen LogP contribution is -1.93. The third-order valence-electron chi connectivity index (χ3n) is 2.41. The first kappa shape index (κ1) is 11.0. The van der Waals surface area contributed by atoms with E-state index < -0.39 is 0 Å². The van der Waals surface area contributed by atoms with Crippen LogP contribution < -0.4 is 5.73 Å². The van der Waals surface area contributed by atoms with Crippen LogP contribution in [0.25, 0.3) is 0 Å². The molecule has 0 saturated carbocycles. The van der Waals surface area contributed by atoms with Crippen molar-refractivity contribution in [1.82, 2.24) is 0 Å². The van der Waals surface area contributed by atoms with E-state index >= 15 is 0 Å². The largest absolute Gasteiger partial charge is 0.399 e. The van der Waals surface area contributed by atoms with Crippen molar-refractivity contribution in [1.29, 1.82) is 0 Å². The highest BCUT2D eigenvalue weighted by Crippen LogP contribution is 2.20. The highest BCUT2D eigenvalue weighted by Gasteiger charge is 2.06. The highest BCUT2D eigenvalue weighted by molar-refractivity contribution is 6.30. The smallest absolute Gasteiger partial charge is 0.145 e. The van der Waals surface area contributed by atoms with Gasteiger partial charge in [0.2, 0.25) is 0 Å². The second-order valence-electron chi connectivity index (χ2n) is 3.63. The monoisotopic (exact) mass is 235 g/mol. The zero-order valence-corrected chi connectivity index (χ0v) is 9.34. The average molecular weight is 236 g/mol. The Morgan fingerprint density at radius 1 is 1.06 bits per heavy atom. The van der Waals surface area contributed by atoms with E-state index in [-0.39, 0.29) is 10.8 Å². The highest BCUT2D eigenvalue weighted by atomic mass is 35.5. The van der Waals surface area contributed by atoms with E-state index in [1.165, 1.54) is 0 Å². The van der Waals surface area contributed by atoms with Gasteiger partial charge in [-0.15, -0.1) is 0 Å². The Labute approximate surface area is 98.7 Å². The van der Waals surface area contributed by atoms with Crippen molar-refractivity contribution < 1.29 is 4.39 Å². The third-order valence-corrected chi connectivity index (χ3v) is 2.70. The normalized spacial score (nSPS) is 10.4. The van der Waals surface area contributed by atoms with Crippen molar-refractivity contribution >= 4 is 17.3 Å². The molecule has 2 aromatic carbocycles. The number of halogens is 2. The zero-order chi connectivity index (χ0) is 11.5. The van der Waals surface area contributed by atoms with Gasteiger partial charge < -0.3 is 5.73 Å². The molecular weight excluding hydrogens is 225 g/mol. The summed E-state index contributed by atoms with van der Waals surface area (Å²) in [6, 6.07) is 12.4. The molecule has 0 aliphatic carbocycles. The minimum atomic E-state index is -0.346. The van der Waals surface area contributed by atoms with Gasteiger partial charge in [0.1, 0.15) is 5.82 Å². The molecule has 0 atom stereocenters. The first-order chi connectivity index (χ1) is 7.66. The maximum Gasteiger partial charge on any atom is 0.145 e. The summed E-state index contributed by atoms with van der Waals surface area (Å²) in [5.74, 6) is -0.346. The van der Waals surface area contributed by atoms with Crippen molar-refractivity contribution in [3.8, 4) is 0 Å². The summed E-state index contributed by atoms with van der Waals surface area (Å²) in [5.41, 5.74) is 7.89. The van der Waals surface area contributed by atoms with Crippen LogP contribution in [-0.2, 0) is 6.42 Å². The molecule has 1 nitrogen and oxygen atoms in total. The van der Waals surface area contributed by atoms with Gasteiger partial charge in [-0.25, -0.2) is 4.39 Å². The lowest BCUT2D eigenvalue weighted by molar-refractivity contribution is 0.614. The van der Waals surface area contributed by atoms with Crippen LogP contribution in [0.15, 0.2) is 42.5 Å². The molecule has 0 heterocycles. The molecule has 0 unspecified atom stereocenters. The molecule has 0 aromatic heterocycles. The summed E-state index contributed by atoms with van der Waals surface area (Å²) in [5, 5.41) is 0.160. The maximum atomic E-state index is 13.6. The predicted octanol–water partition coefficient (Wildman–Crippen LogP) is 3.65. The summed E-state index contributed by atoms with van der Waals surface area (Å²) < 4.78 is 13.6. The molecule has 0 aliphatic heterocycles. The zero-order valence-electron chi connectivity index (χ0n) is 8.58. The van der Waals surface area contributed by atoms with Crippen LogP contribution in [0.1, 0.15) is 11.1 Å². The van der Waals surface area contributed by atoms with Gasteiger partial charge in [-0.1, -0.05) is 35.9 Å². The van der Waals surface area contributed by atoms with Gasteiger partial charge in [-0.05, 0) is 29.3 Å². The van der Waals surface area contributed by atoms with Crippen molar-refractivity contribution in [2.45, 2.75) is 6.42 Å². The number of rotatable bonds is 2. The number of hydrogen-bond acceptors (Lipinski definition) is 1. The molecule has 0 spiro atoms. The van der Waals surface area contributed by atoms with E-state index in [9.17, 15) is 4.39 Å². The number of benzene rings is 2. The van der Waals surface area contributed by atoms with E-state index in [0.29, 0.717) is 17.7 Å². The lowest BCUT2D eigenvalue weighted by atomic mass is 10.0. The fraction of sp³-hybridized carbons (Fsp3) is 0.0769. The van der Waals surface area contributed by atoms with Crippen molar-refractivity contribution in [3.05, 3.63) is 64.4 Å². The van der Waals surface area contributed by atoms with Gasteiger partial charge in [0.05, 0.1) is 5.02 Å². The van der Waals surface area contributed by atoms with Crippen molar-refractivity contribution in [3.63, 3.8) is 0 Å². The molecule has 2 aromatic rings. The Morgan fingerprint density at radius 3 is 2.44 bits per heavy atom. The Kier molecular flexibility index (Phi) is 3.11. The first-order valence-electron chi connectivity index (χ1n) is 4.94. The van der Waals surface area contributed by atoms with E-state index in [1.54, 1.807) is 30.3 Å². The molecule has 0 bridgehead atoms. The molecule has 0 radical (unpaired) electrons. The van der Waals surface area contributed by atoms with E-state index in [4.69, 9.17) is 17.3 Å². The molecule has 0 amide bonds. The van der Waals surface area contributed by atoms with Gasteiger partial charge in [-0.3, -0.25) is 0 Å². The van der Waals surface area contributed by atoms with Crippen LogP contribution in [0.2, 0.25) is 5.02 Å². The summed E-state index contributed by atoms with van der Waals surface area (Å²) >= 11 is 5.71. The molecule has 0 saturated heterocycles. The van der Waals surface area contributed by atoms with Gasteiger partial charge >= 0.3 is 0 Å².